The van der Waals surface area contributed by atoms with Crippen LogP contribution in [0.4, 0.5) is 0 Å². The van der Waals surface area contributed by atoms with Crippen molar-refractivity contribution in [1.29, 1.82) is 0 Å². The number of hydrogen-bond acceptors (Lipinski definition) is 4. The molecule has 19 heavy (non-hydrogen) atoms. The fourth-order valence-electron chi connectivity index (χ4n) is 2.49. The Morgan fingerprint density at radius 1 is 1.26 bits per heavy atom. The van der Waals surface area contributed by atoms with E-state index in [0.717, 1.165) is 17.1 Å². The van der Waals surface area contributed by atoms with Crippen LogP contribution in [-0.4, -0.2) is 36.4 Å². The van der Waals surface area contributed by atoms with Gasteiger partial charge in [0.25, 0.3) is 0 Å². The predicted octanol–water partition coefficient (Wildman–Crippen LogP) is 1.64. The lowest BCUT2D eigenvalue weighted by molar-refractivity contribution is 0.412. The van der Waals surface area contributed by atoms with Gasteiger partial charge in [0.2, 0.25) is 0 Å². The fraction of sp³-hybridized carbons (Fsp3) is 0.462. The van der Waals surface area contributed by atoms with Crippen LogP contribution in [0.15, 0.2) is 24.5 Å². The standard InChI is InChI=1S/C13H16N2O3S/c1-18-11-2-3-13-14-12(9-15(13)8-11)10-4-6-19(16,17)7-5-10/h2-3,8-10H,4-7H2,1H3. The van der Waals surface area contributed by atoms with Gasteiger partial charge >= 0.3 is 0 Å². The van der Waals surface area contributed by atoms with Crippen LogP contribution in [0.3, 0.4) is 0 Å². The lowest BCUT2D eigenvalue weighted by atomic mass is 10.00. The highest BCUT2D eigenvalue weighted by molar-refractivity contribution is 7.91. The lowest BCUT2D eigenvalue weighted by Gasteiger charge is -2.19. The SMILES string of the molecule is COc1ccc2nc(C3CCS(=O)(=O)CC3)cn2c1. The van der Waals surface area contributed by atoms with E-state index >= 15 is 0 Å². The maximum atomic E-state index is 11.4. The molecule has 1 saturated heterocycles. The number of pyridine rings is 1. The van der Waals surface area contributed by atoms with E-state index in [4.69, 9.17) is 4.74 Å². The van der Waals surface area contributed by atoms with E-state index in [2.05, 4.69) is 4.98 Å². The topological polar surface area (TPSA) is 60.7 Å². The van der Waals surface area contributed by atoms with E-state index in [-0.39, 0.29) is 17.4 Å². The minimum Gasteiger partial charge on any atom is -0.495 e. The molecule has 0 atom stereocenters. The first kappa shape index (κ1) is 12.5. The third-order valence-corrected chi connectivity index (χ3v) is 5.37. The number of ether oxygens (including phenoxy) is 1. The molecule has 0 unspecified atom stereocenters. The molecule has 3 heterocycles. The first-order valence-corrected chi connectivity index (χ1v) is 8.12. The maximum Gasteiger partial charge on any atom is 0.150 e. The van der Waals surface area contributed by atoms with E-state index in [0.29, 0.717) is 12.8 Å². The van der Waals surface area contributed by atoms with Gasteiger partial charge in [-0.2, -0.15) is 0 Å². The normalized spacial score (nSPS) is 19.6. The van der Waals surface area contributed by atoms with Crippen molar-refractivity contribution in [3.63, 3.8) is 0 Å². The molecule has 2 aromatic heterocycles. The second kappa shape index (κ2) is 4.52. The minimum absolute atomic E-state index is 0.245. The summed E-state index contributed by atoms with van der Waals surface area (Å²) in [7, 11) is -1.19. The Kier molecular flexibility index (Phi) is 2.97. The predicted molar refractivity (Wildman–Crippen MR) is 72.4 cm³/mol. The van der Waals surface area contributed by atoms with Crippen LogP contribution in [0.1, 0.15) is 24.5 Å². The Hall–Kier alpha value is -1.56. The summed E-state index contributed by atoms with van der Waals surface area (Å²) in [5.41, 5.74) is 1.84. The van der Waals surface area contributed by atoms with Crippen molar-refractivity contribution in [2.75, 3.05) is 18.6 Å². The zero-order valence-electron chi connectivity index (χ0n) is 10.7. The molecule has 102 valence electrons. The summed E-state index contributed by atoms with van der Waals surface area (Å²) in [5, 5.41) is 0. The van der Waals surface area contributed by atoms with Crippen molar-refractivity contribution in [2.45, 2.75) is 18.8 Å². The molecule has 0 aliphatic carbocycles. The smallest absolute Gasteiger partial charge is 0.150 e. The number of aromatic nitrogens is 2. The molecule has 6 heteroatoms. The quantitative estimate of drug-likeness (QED) is 0.839. The van der Waals surface area contributed by atoms with Gasteiger partial charge in [0.05, 0.1) is 30.5 Å². The Morgan fingerprint density at radius 2 is 2.00 bits per heavy atom. The number of methoxy groups -OCH3 is 1. The summed E-state index contributed by atoms with van der Waals surface area (Å²) in [4.78, 5) is 4.57. The first-order valence-electron chi connectivity index (χ1n) is 6.30. The van der Waals surface area contributed by atoms with Gasteiger partial charge in [-0.15, -0.1) is 0 Å². The highest BCUT2D eigenvalue weighted by Crippen LogP contribution is 2.29. The Balaban J connectivity index is 1.89. The van der Waals surface area contributed by atoms with Gasteiger partial charge in [-0.05, 0) is 25.0 Å². The molecular weight excluding hydrogens is 264 g/mol. The van der Waals surface area contributed by atoms with Gasteiger partial charge in [-0.3, -0.25) is 0 Å². The van der Waals surface area contributed by atoms with Crippen molar-refractivity contribution >= 4 is 15.5 Å². The van der Waals surface area contributed by atoms with Crippen molar-refractivity contribution < 1.29 is 13.2 Å². The first-order chi connectivity index (χ1) is 9.07. The Bertz CT molecular complexity index is 692. The summed E-state index contributed by atoms with van der Waals surface area (Å²) in [5.74, 6) is 1.57. The largest absolute Gasteiger partial charge is 0.495 e. The molecule has 5 nitrogen and oxygen atoms in total. The van der Waals surface area contributed by atoms with Crippen LogP contribution in [-0.2, 0) is 9.84 Å². The average molecular weight is 280 g/mol. The van der Waals surface area contributed by atoms with Gasteiger partial charge in [0.1, 0.15) is 21.2 Å². The van der Waals surface area contributed by atoms with E-state index < -0.39 is 9.84 Å². The van der Waals surface area contributed by atoms with Crippen molar-refractivity contribution in [2.24, 2.45) is 0 Å². The fourth-order valence-corrected chi connectivity index (χ4v) is 3.99. The van der Waals surface area contributed by atoms with Crippen molar-refractivity contribution in [3.05, 3.63) is 30.2 Å². The van der Waals surface area contributed by atoms with Crippen LogP contribution in [0, 0.1) is 0 Å². The van der Waals surface area contributed by atoms with Gasteiger partial charge < -0.3 is 9.14 Å². The summed E-state index contributed by atoms with van der Waals surface area (Å²) in [6.45, 7) is 0. The summed E-state index contributed by atoms with van der Waals surface area (Å²) in [6, 6.07) is 3.78. The zero-order chi connectivity index (χ0) is 13.5. The summed E-state index contributed by atoms with van der Waals surface area (Å²) < 4.78 is 30.0. The van der Waals surface area contributed by atoms with Crippen molar-refractivity contribution in [3.8, 4) is 5.75 Å². The summed E-state index contributed by atoms with van der Waals surface area (Å²) in [6.07, 6.45) is 5.19. The molecule has 2 aromatic rings. The molecule has 0 saturated carbocycles. The Labute approximate surface area is 112 Å². The number of imidazole rings is 1. The minimum atomic E-state index is -2.82. The van der Waals surface area contributed by atoms with E-state index in [1.54, 1.807) is 7.11 Å². The van der Waals surface area contributed by atoms with Crippen LogP contribution in [0.5, 0.6) is 5.75 Å². The highest BCUT2D eigenvalue weighted by Gasteiger charge is 2.26. The van der Waals surface area contributed by atoms with Gasteiger partial charge in [-0.1, -0.05) is 0 Å². The molecule has 0 amide bonds. The van der Waals surface area contributed by atoms with E-state index in [1.807, 2.05) is 28.9 Å². The van der Waals surface area contributed by atoms with Crippen LogP contribution < -0.4 is 4.74 Å². The zero-order valence-corrected chi connectivity index (χ0v) is 11.6. The number of nitrogens with zero attached hydrogens (tertiary/aromatic N) is 2. The Morgan fingerprint density at radius 3 is 2.68 bits per heavy atom. The average Bonchev–Trinajstić information content (AvgIpc) is 2.81. The molecule has 0 aromatic carbocycles. The van der Waals surface area contributed by atoms with Crippen LogP contribution >= 0.6 is 0 Å². The number of sulfone groups is 1. The number of hydrogen-bond donors (Lipinski definition) is 0. The molecule has 1 aliphatic rings. The van der Waals surface area contributed by atoms with Gasteiger partial charge in [-0.25, -0.2) is 13.4 Å². The second-order valence-electron chi connectivity index (χ2n) is 4.93. The molecule has 1 fully saturated rings. The summed E-state index contributed by atoms with van der Waals surface area (Å²) >= 11 is 0. The maximum absolute atomic E-state index is 11.4. The molecule has 0 spiro atoms. The van der Waals surface area contributed by atoms with Gasteiger partial charge in [0, 0.05) is 12.1 Å². The third-order valence-electron chi connectivity index (χ3n) is 3.65. The van der Waals surface area contributed by atoms with Crippen LogP contribution in [0.25, 0.3) is 5.65 Å². The van der Waals surface area contributed by atoms with Crippen molar-refractivity contribution in [1.82, 2.24) is 9.38 Å². The van der Waals surface area contributed by atoms with E-state index in [1.165, 1.54) is 0 Å². The van der Waals surface area contributed by atoms with Crippen LogP contribution in [0.2, 0.25) is 0 Å². The van der Waals surface area contributed by atoms with E-state index in [9.17, 15) is 8.42 Å². The molecular formula is C13H16N2O3S. The monoisotopic (exact) mass is 280 g/mol. The molecule has 0 N–H and O–H groups in total. The molecule has 1 aliphatic heterocycles. The second-order valence-corrected chi connectivity index (χ2v) is 7.23. The van der Waals surface area contributed by atoms with Gasteiger partial charge in [0.15, 0.2) is 0 Å². The number of fused-ring (bicyclic) bond motifs is 1. The third kappa shape index (κ3) is 2.45. The lowest BCUT2D eigenvalue weighted by Crippen LogP contribution is -2.22. The molecule has 0 bridgehead atoms. The molecule has 0 radical (unpaired) electrons. The highest BCUT2D eigenvalue weighted by atomic mass is 32.2. The number of rotatable bonds is 2. The molecule has 3 rings (SSSR count).